The molecule has 62 heavy (non-hydrogen) atoms. The molecule has 5 aromatic rings. The van der Waals surface area contributed by atoms with E-state index in [0.29, 0.717) is 26.4 Å². The van der Waals surface area contributed by atoms with Crippen molar-refractivity contribution in [2.24, 2.45) is 5.41 Å². The molecule has 2 fully saturated rings. The van der Waals surface area contributed by atoms with Crippen LogP contribution in [0.5, 0.6) is 11.5 Å². The topological polar surface area (TPSA) is 55.4 Å². The fourth-order valence-corrected chi connectivity index (χ4v) is 10.9. The molecule has 2 aliphatic rings. The van der Waals surface area contributed by atoms with Crippen molar-refractivity contribution in [2.75, 3.05) is 26.4 Å². The standard InChI is InChI=1S/C54H62O6P2/c1-11-13-23-40(12-2)52(7,8)46-34-44(50(3,4)41-24-17-14-18-25-41)30-32-48(46)59-61-55-36-54(37-56-61)38-57-62(58-39-54)60-49-33-31-45(51(5,6)42-26-19-15-20-27-42)35-47(49)53(9,10)43-28-21-16-22-29-43/h11-35H,1,36-39H2,2-10H3/b23-13-,40-12+. The first-order valence-electron chi connectivity index (χ1n) is 21.5. The van der Waals surface area contributed by atoms with Crippen LogP contribution in [0, 0.1) is 5.41 Å². The summed E-state index contributed by atoms with van der Waals surface area (Å²) in [4.78, 5) is 0. The normalized spacial score (nSPS) is 20.3. The van der Waals surface area contributed by atoms with Gasteiger partial charge in [0.05, 0.1) is 31.8 Å². The summed E-state index contributed by atoms with van der Waals surface area (Å²) >= 11 is 0. The van der Waals surface area contributed by atoms with Crippen molar-refractivity contribution in [1.82, 2.24) is 0 Å². The van der Waals surface area contributed by atoms with Gasteiger partial charge >= 0.3 is 17.2 Å². The van der Waals surface area contributed by atoms with Gasteiger partial charge in [0.2, 0.25) is 0 Å². The quantitative estimate of drug-likeness (QED) is 0.0819. The van der Waals surface area contributed by atoms with E-state index in [1.54, 1.807) is 6.08 Å². The second kappa shape index (κ2) is 18.8. The van der Waals surface area contributed by atoms with Gasteiger partial charge in [0.1, 0.15) is 11.5 Å². The highest BCUT2D eigenvalue weighted by Crippen LogP contribution is 2.55. The molecule has 0 aromatic heterocycles. The maximum absolute atomic E-state index is 6.67. The summed E-state index contributed by atoms with van der Waals surface area (Å²) < 4.78 is 38.9. The van der Waals surface area contributed by atoms with E-state index in [9.17, 15) is 0 Å². The fourth-order valence-electron chi connectivity index (χ4n) is 8.37. The van der Waals surface area contributed by atoms with Crippen LogP contribution in [0.1, 0.15) is 101 Å². The molecule has 0 aliphatic carbocycles. The maximum atomic E-state index is 6.67. The predicted octanol–water partition coefficient (Wildman–Crippen LogP) is 14.6. The summed E-state index contributed by atoms with van der Waals surface area (Å²) in [6, 6.07) is 44.9. The van der Waals surface area contributed by atoms with Gasteiger partial charge in [-0.15, -0.1) is 0 Å². The Kier molecular flexibility index (Phi) is 13.8. The first kappa shape index (κ1) is 45.6. The molecule has 6 nitrogen and oxygen atoms in total. The third-order valence-electron chi connectivity index (χ3n) is 12.9. The Bertz CT molecular complexity index is 2350. The highest BCUT2D eigenvalue weighted by molar-refractivity contribution is 7.42. The molecule has 8 heteroatoms. The summed E-state index contributed by atoms with van der Waals surface area (Å²) in [7, 11) is -3.37. The molecule has 1 spiro atoms. The summed E-state index contributed by atoms with van der Waals surface area (Å²) in [5.41, 5.74) is 7.64. The van der Waals surface area contributed by atoms with Crippen LogP contribution in [0.15, 0.2) is 164 Å². The molecule has 2 heterocycles. The summed E-state index contributed by atoms with van der Waals surface area (Å²) in [5.74, 6) is 1.48. The summed E-state index contributed by atoms with van der Waals surface area (Å²) in [5, 5.41) is 0. The van der Waals surface area contributed by atoms with Crippen molar-refractivity contribution in [2.45, 2.75) is 84.0 Å². The van der Waals surface area contributed by atoms with Crippen molar-refractivity contribution < 1.29 is 27.1 Å². The zero-order valence-electron chi connectivity index (χ0n) is 37.8. The Morgan fingerprint density at radius 2 is 0.919 bits per heavy atom. The monoisotopic (exact) mass is 868 g/mol. The van der Waals surface area contributed by atoms with Crippen LogP contribution >= 0.6 is 17.2 Å². The first-order chi connectivity index (χ1) is 29.6. The Balaban J connectivity index is 1.06. The van der Waals surface area contributed by atoms with Crippen LogP contribution in [0.4, 0.5) is 0 Å². The Morgan fingerprint density at radius 1 is 0.532 bits per heavy atom. The molecule has 2 saturated heterocycles. The SMILES string of the molecule is C=C/C=C\C(=C/C)C(C)(C)c1cc(C(C)(C)c2ccccc2)ccc1OP1OCC2(CO1)COP(Oc1ccc(C(C)(C)c3ccccc3)cc1C(C)(C)c1ccccc1)OC2. The molecule has 0 N–H and O–H groups in total. The lowest BCUT2D eigenvalue weighted by Crippen LogP contribution is -2.45. The molecule has 0 atom stereocenters. The maximum Gasteiger partial charge on any atom is 0.397 e. The number of allylic oxidation sites excluding steroid dienone is 5. The zero-order valence-corrected chi connectivity index (χ0v) is 39.6. The molecule has 0 bridgehead atoms. The number of hydrogen-bond acceptors (Lipinski definition) is 6. The number of hydrogen-bond donors (Lipinski definition) is 0. The largest absolute Gasteiger partial charge is 0.426 e. The third-order valence-corrected chi connectivity index (χ3v) is 15.0. The van der Waals surface area contributed by atoms with Gasteiger partial charge in [0.15, 0.2) is 0 Å². The smallest absolute Gasteiger partial charge is 0.397 e. The molecule has 0 amide bonds. The van der Waals surface area contributed by atoms with E-state index in [1.807, 2.05) is 6.08 Å². The van der Waals surface area contributed by atoms with Crippen LogP contribution in [-0.4, -0.2) is 26.4 Å². The van der Waals surface area contributed by atoms with Gasteiger partial charge in [-0.05, 0) is 52.4 Å². The van der Waals surface area contributed by atoms with Crippen LogP contribution in [0.3, 0.4) is 0 Å². The van der Waals surface area contributed by atoms with Crippen LogP contribution < -0.4 is 9.05 Å². The van der Waals surface area contributed by atoms with Gasteiger partial charge in [0, 0.05) is 32.8 Å². The van der Waals surface area contributed by atoms with E-state index in [2.05, 4.69) is 208 Å². The molecular formula is C54H62O6P2. The minimum Gasteiger partial charge on any atom is -0.426 e. The minimum atomic E-state index is -1.69. The van der Waals surface area contributed by atoms with E-state index in [0.717, 1.165) is 28.2 Å². The molecule has 0 unspecified atom stereocenters. The third kappa shape index (κ3) is 9.58. The van der Waals surface area contributed by atoms with E-state index in [4.69, 9.17) is 27.1 Å². The lowest BCUT2D eigenvalue weighted by Gasteiger charge is -2.42. The first-order valence-corrected chi connectivity index (χ1v) is 23.7. The van der Waals surface area contributed by atoms with E-state index in [1.165, 1.54) is 27.8 Å². The summed E-state index contributed by atoms with van der Waals surface area (Å²) in [6.45, 7) is 25.5. The molecular weight excluding hydrogens is 807 g/mol. The van der Waals surface area contributed by atoms with Crippen molar-refractivity contribution in [3.05, 3.63) is 203 Å². The van der Waals surface area contributed by atoms with Crippen LogP contribution in [0.25, 0.3) is 0 Å². The lowest BCUT2D eigenvalue weighted by molar-refractivity contribution is -0.0673. The molecule has 0 radical (unpaired) electrons. The van der Waals surface area contributed by atoms with E-state index in [-0.39, 0.29) is 16.2 Å². The number of rotatable bonds is 14. The van der Waals surface area contributed by atoms with Crippen molar-refractivity contribution in [3.8, 4) is 11.5 Å². The highest BCUT2D eigenvalue weighted by atomic mass is 31.2. The highest BCUT2D eigenvalue weighted by Gasteiger charge is 2.46. The minimum absolute atomic E-state index is 0.222. The Morgan fingerprint density at radius 3 is 1.32 bits per heavy atom. The van der Waals surface area contributed by atoms with Gasteiger partial charge < -0.3 is 27.1 Å². The Labute approximate surface area is 373 Å². The number of benzene rings is 5. The van der Waals surface area contributed by atoms with E-state index < -0.39 is 28.0 Å². The van der Waals surface area contributed by atoms with Crippen molar-refractivity contribution in [1.29, 1.82) is 0 Å². The van der Waals surface area contributed by atoms with Crippen LogP contribution in [-0.2, 0) is 39.8 Å². The second-order valence-corrected chi connectivity index (χ2v) is 20.9. The molecule has 2 aliphatic heterocycles. The van der Waals surface area contributed by atoms with Gasteiger partial charge in [-0.2, -0.15) is 0 Å². The van der Waals surface area contributed by atoms with Gasteiger partial charge in [0.25, 0.3) is 0 Å². The van der Waals surface area contributed by atoms with E-state index >= 15 is 0 Å². The average molecular weight is 869 g/mol. The average Bonchev–Trinajstić information content (AvgIpc) is 3.29. The van der Waals surface area contributed by atoms with Gasteiger partial charge in [-0.25, -0.2) is 0 Å². The van der Waals surface area contributed by atoms with Gasteiger partial charge in [-0.3, -0.25) is 0 Å². The van der Waals surface area contributed by atoms with Crippen LogP contribution in [0.2, 0.25) is 0 Å². The predicted molar refractivity (Wildman–Crippen MR) is 256 cm³/mol. The zero-order chi connectivity index (χ0) is 44.2. The fraction of sp³-hybridized carbons (Fsp3) is 0.333. The van der Waals surface area contributed by atoms with Crippen molar-refractivity contribution in [3.63, 3.8) is 0 Å². The van der Waals surface area contributed by atoms with Crippen molar-refractivity contribution >= 4 is 17.2 Å². The lowest BCUT2D eigenvalue weighted by atomic mass is 9.72. The molecule has 324 valence electrons. The molecule has 7 rings (SSSR count). The second-order valence-electron chi connectivity index (χ2n) is 18.6. The molecule has 0 saturated carbocycles. The Hall–Kier alpha value is -4.38. The van der Waals surface area contributed by atoms with Gasteiger partial charge in [-0.1, -0.05) is 202 Å². The molecule has 5 aromatic carbocycles. The summed E-state index contributed by atoms with van der Waals surface area (Å²) in [6.07, 6.45) is 8.04.